The second kappa shape index (κ2) is 17.1. The van der Waals surface area contributed by atoms with Crippen LogP contribution in [-0.4, -0.2) is 61.6 Å². The zero-order valence-corrected chi connectivity index (χ0v) is 26.7. The average molecular weight is 555 g/mol. The van der Waals surface area contributed by atoms with Crippen molar-refractivity contribution in [2.45, 2.75) is 181 Å². The smallest absolute Gasteiger partial charge is 0.306 e. The summed E-state index contributed by atoms with van der Waals surface area (Å²) in [5.41, 5.74) is -0.867. The molecule has 0 aromatic heterocycles. The Hall–Kier alpha value is -1.02. The van der Waals surface area contributed by atoms with Crippen molar-refractivity contribution in [2.75, 3.05) is 6.54 Å². The first-order chi connectivity index (χ1) is 18.1. The minimum atomic E-state index is -0.428. The molecule has 0 aliphatic carbocycles. The van der Waals surface area contributed by atoms with Gasteiger partial charge in [0.1, 0.15) is 11.9 Å². The summed E-state index contributed by atoms with van der Waals surface area (Å²) in [5.74, 6) is 0.800. The van der Waals surface area contributed by atoms with E-state index in [4.69, 9.17) is 4.74 Å². The van der Waals surface area contributed by atoms with E-state index in [-0.39, 0.29) is 23.2 Å². The van der Waals surface area contributed by atoms with Gasteiger partial charge in [-0.3, -0.25) is 9.59 Å². The predicted octanol–water partition coefficient (Wildman–Crippen LogP) is 8.10. The Morgan fingerprint density at radius 1 is 0.923 bits per heavy atom. The molecule has 0 saturated carbocycles. The lowest BCUT2D eigenvalue weighted by molar-refractivity contribution is -0.251. The largest absolute Gasteiger partial charge is 0.462 e. The quantitative estimate of drug-likeness (QED) is 0.0892. The van der Waals surface area contributed by atoms with Crippen LogP contribution in [0.4, 0.5) is 0 Å². The molecule has 0 spiro atoms. The maximum Gasteiger partial charge on any atom is 0.306 e. The summed E-state index contributed by atoms with van der Waals surface area (Å²) < 4.78 is 5.76. The Morgan fingerprint density at radius 2 is 1.44 bits per heavy atom. The van der Waals surface area contributed by atoms with E-state index >= 15 is 0 Å². The van der Waals surface area contributed by atoms with E-state index in [1.807, 2.05) is 20.8 Å². The van der Waals surface area contributed by atoms with Gasteiger partial charge in [-0.05, 0) is 92.4 Å². The first-order valence-electron chi connectivity index (χ1n) is 15.8. The fourth-order valence-electron chi connectivity index (χ4n) is 6.55. The van der Waals surface area contributed by atoms with Crippen molar-refractivity contribution in [1.82, 2.24) is 10.1 Å². The standard InChI is InChI=1S/C32H62N2O5/c1-9-18-28(25-30(3,4)33(37)10-2)39-29(36)22-16-14-12-11-13-15-20-27(35)21-17-19-26-23-31(5,6)34(38)32(7,8)24-26/h26,28,37-38H,9-25H2,1-8H3. The lowest BCUT2D eigenvalue weighted by atomic mass is 9.73. The normalized spacial score (nSPS) is 18.8. The molecule has 1 unspecified atom stereocenters. The molecule has 1 fully saturated rings. The van der Waals surface area contributed by atoms with Gasteiger partial charge in [-0.2, -0.15) is 10.1 Å². The van der Waals surface area contributed by atoms with Crippen LogP contribution in [0, 0.1) is 5.92 Å². The molecule has 0 aromatic rings. The number of carbonyl (C=O) groups excluding carboxylic acids is 2. The van der Waals surface area contributed by atoms with E-state index in [0.717, 1.165) is 77.0 Å². The van der Waals surface area contributed by atoms with Gasteiger partial charge in [-0.1, -0.05) is 46.0 Å². The molecule has 1 saturated heterocycles. The molecule has 7 heteroatoms. The molecule has 0 bridgehead atoms. The van der Waals surface area contributed by atoms with Crippen molar-refractivity contribution in [3.63, 3.8) is 0 Å². The number of unbranched alkanes of at least 4 members (excludes halogenated alkanes) is 5. The van der Waals surface area contributed by atoms with Crippen LogP contribution >= 0.6 is 0 Å². The summed E-state index contributed by atoms with van der Waals surface area (Å²) in [4.78, 5) is 24.7. The molecule has 39 heavy (non-hydrogen) atoms. The molecule has 2 N–H and O–H groups in total. The maximum atomic E-state index is 12.4. The number of rotatable bonds is 20. The van der Waals surface area contributed by atoms with Gasteiger partial charge in [0.25, 0.3) is 0 Å². The van der Waals surface area contributed by atoms with Crippen LogP contribution < -0.4 is 0 Å². The number of ketones is 1. The molecule has 7 nitrogen and oxygen atoms in total. The van der Waals surface area contributed by atoms with Crippen molar-refractivity contribution in [3.8, 4) is 0 Å². The van der Waals surface area contributed by atoms with Gasteiger partial charge >= 0.3 is 5.97 Å². The second-order valence-electron chi connectivity index (χ2n) is 13.9. The third kappa shape index (κ3) is 13.5. The number of hydrogen-bond donors (Lipinski definition) is 2. The SMILES string of the molecule is CCCC(CC(C)(C)N(O)CC)OC(=O)CCCCCCCCC(=O)CCCC1CC(C)(C)N(O)C(C)(C)C1. The third-order valence-corrected chi connectivity index (χ3v) is 8.51. The lowest BCUT2D eigenvalue weighted by Crippen LogP contribution is -2.58. The minimum absolute atomic E-state index is 0.134. The van der Waals surface area contributed by atoms with Crippen LogP contribution in [0.3, 0.4) is 0 Å². The van der Waals surface area contributed by atoms with Crippen LogP contribution in [0.25, 0.3) is 0 Å². The molecule has 1 rings (SSSR count). The molecular weight excluding hydrogens is 492 g/mol. The van der Waals surface area contributed by atoms with Crippen LogP contribution in [0.5, 0.6) is 0 Å². The van der Waals surface area contributed by atoms with Crippen LogP contribution in [0.15, 0.2) is 0 Å². The number of hydrogen-bond acceptors (Lipinski definition) is 7. The Balaban J connectivity index is 2.13. The summed E-state index contributed by atoms with van der Waals surface area (Å²) >= 11 is 0. The minimum Gasteiger partial charge on any atom is -0.462 e. The van der Waals surface area contributed by atoms with Gasteiger partial charge < -0.3 is 15.2 Å². The lowest BCUT2D eigenvalue weighted by Gasteiger charge is -2.51. The third-order valence-electron chi connectivity index (χ3n) is 8.51. The Labute approximate surface area is 239 Å². The van der Waals surface area contributed by atoms with Crippen molar-refractivity contribution in [2.24, 2.45) is 5.92 Å². The van der Waals surface area contributed by atoms with E-state index in [1.54, 1.807) is 0 Å². The number of nitrogens with zero attached hydrogens (tertiary/aromatic N) is 2. The summed E-state index contributed by atoms with van der Waals surface area (Å²) in [6.45, 7) is 16.9. The summed E-state index contributed by atoms with van der Waals surface area (Å²) in [6.07, 6.45) is 14.0. The van der Waals surface area contributed by atoms with E-state index in [0.29, 0.717) is 43.9 Å². The van der Waals surface area contributed by atoms with Crippen molar-refractivity contribution in [3.05, 3.63) is 0 Å². The molecule has 1 aliphatic heterocycles. The molecular formula is C32H62N2O5. The van der Waals surface area contributed by atoms with E-state index < -0.39 is 5.54 Å². The van der Waals surface area contributed by atoms with Gasteiger partial charge in [0.15, 0.2) is 0 Å². The van der Waals surface area contributed by atoms with E-state index in [9.17, 15) is 20.0 Å². The molecule has 1 heterocycles. The molecule has 230 valence electrons. The topological polar surface area (TPSA) is 90.3 Å². The second-order valence-corrected chi connectivity index (χ2v) is 13.9. The maximum absolute atomic E-state index is 12.4. The average Bonchev–Trinajstić information content (AvgIpc) is 2.83. The zero-order valence-electron chi connectivity index (χ0n) is 26.7. The highest BCUT2D eigenvalue weighted by Crippen LogP contribution is 2.41. The van der Waals surface area contributed by atoms with Gasteiger partial charge in [0.05, 0.1) is 0 Å². The zero-order chi connectivity index (χ0) is 29.7. The summed E-state index contributed by atoms with van der Waals surface area (Å²) in [6, 6.07) is 0. The monoisotopic (exact) mass is 554 g/mol. The van der Waals surface area contributed by atoms with Crippen LogP contribution in [0.2, 0.25) is 0 Å². The fourth-order valence-corrected chi connectivity index (χ4v) is 6.55. The summed E-state index contributed by atoms with van der Waals surface area (Å²) in [5, 5.41) is 23.4. The van der Waals surface area contributed by atoms with Crippen molar-refractivity contribution in [1.29, 1.82) is 0 Å². The highest BCUT2D eigenvalue weighted by molar-refractivity contribution is 5.78. The predicted molar refractivity (Wildman–Crippen MR) is 158 cm³/mol. The number of piperidine rings is 1. The molecule has 0 aromatic carbocycles. The molecule has 1 aliphatic rings. The number of esters is 1. The van der Waals surface area contributed by atoms with E-state index in [2.05, 4.69) is 34.6 Å². The van der Waals surface area contributed by atoms with Gasteiger partial charge in [-0.15, -0.1) is 0 Å². The Kier molecular flexibility index (Phi) is 15.7. The number of hydroxylamine groups is 4. The highest BCUT2D eigenvalue weighted by atomic mass is 16.5. The highest BCUT2D eigenvalue weighted by Gasteiger charge is 2.44. The number of Topliss-reactive ketones (excluding diaryl/α,β-unsaturated/α-hetero) is 1. The molecule has 1 atom stereocenters. The van der Waals surface area contributed by atoms with Crippen LogP contribution in [-0.2, 0) is 14.3 Å². The molecule has 0 radical (unpaired) electrons. The van der Waals surface area contributed by atoms with Gasteiger partial charge in [-0.25, -0.2) is 0 Å². The fraction of sp³-hybridized carbons (Fsp3) is 0.938. The summed E-state index contributed by atoms with van der Waals surface area (Å²) in [7, 11) is 0. The number of ether oxygens (including phenoxy) is 1. The van der Waals surface area contributed by atoms with Gasteiger partial charge in [0, 0.05) is 48.8 Å². The Bertz CT molecular complexity index is 703. The Morgan fingerprint density at radius 3 is 1.97 bits per heavy atom. The van der Waals surface area contributed by atoms with E-state index in [1.165, 1.54) is 10.1 Å². The first-order valence-corrected chi connectivity index (χ1v) is 15.8. The van der Waals surface area contributed by atoms with Crippen molar-refractivity contribution >= 4 is 11.8 Å². The first kappa shape index (κ1) is 36.0. The molecule has 0 amide bonds. The van der Waals surface area contributed by atoms with Crippen LogP contribution in [0.1, 0.15) is 158 Å². The van der Waals surface area contributed by atoms with Crippen molar-refractivity contribution < 1.29 is 24.7 Å². The number of carbonyl (C=O) groups is 2. The van der Waals surface area contributed by atoms with Gasteiger partial charge in [0.2, 0.25) is 0 Å².